The number of benzene rings is 1. The van der Waals surface area contributed by atoms with Crippen LogP contribution >= 0.6 is 0 Å². The highest BCUT2D eigenvalue weighted by molar-refractivity contribution is 7.89. The Morgan fingerprint density at radius 3 is 2.16 bits per heavy atom. The smallest absolute Gasteiger partial charge is 0.207 e. The van der Waals surface area contributed by atoms with Crippen LogP contribution in [0.4, 0.5) is 4.39 Å². The monoisotopic (exact) mass is 284 g/mol. The molecule has 0 aliphatic heterocycles. The molecule has 0 aliphatic carbocycles. The van der Waals surface area contributed by atoms with Gasteiger partial charge in [-0.15, -0.1) is 0 Å². The maximum Gasteiger partial charge on any atom is 0.244 e. The lowest BCUT2D eigenvalue weighted by Crippen LogP contribution is -2.37. The third kappa shape index (κ3) is 3.11. The third-order valence-corrected chi connectivity index (χ3v) is 5.12. The molecule has 0 spiro atoms. The second-order valence-corrected chi connectivity index (χ2v) is 6.50. The van der Waals surface area contributed by atoms with Crippen LogP contribution in [0.5, 0.6) is 0 Å². The Morgan fingerprint density at radius 2 is 1.79 bits per heavy atom. The molecule has 4 nitrogen and oxygen atoms in total. The van der Waals surface area contributed by atoms with Gasteiger partial charge in [0.05, 0.1) is 11.0 Å². The first-order valence-corrected chi connectivity index (χ1v) is 7.31. The van der Waals surface area contributed by atoms with E-state index in [4.69, 9.17) is 5.26 Å². The van der Waals surface area contributed by atoms with E-state index in [1.54, 1.807) is 27.7 Å². The van der Waals surface area contributed by atoms with Crippen LogP contribution in [0, 0.1) is 31.0 Å². The number of halogens is 1. The van der Waals surface area contributed by atoms with Crippen molar-refractivity contribution in [2.24, 2.45) is 0 Å². The molecule has 0 fully saturated rings. The van der Waals surface area contributed by atoms with Gasteiger partial charge in [0.1, 0.15) is 12.4 Å². The first kappa shape index (κ1) is 15.6. The molecule has 6 heteroatoms. The fourth-order valence-electron chi connectivity index (χ4n) is 2.04. The molecule has 0 heterocycles. The standard InChI is InChI=1S/C13H17FN2O2S/c1-9(2)16(6-5-15)19(17,18)13-10(3)7-12(14)8-11(13)4/h7-9H,6H2,1-4H3. The topological polar surface area (TPSA) is 61.2 Å². The van der Waals surface area contributed by atoms with E-state index in [0.717, 1.165) is 4.31 Å². The maximum absolute atomic E-state index is 13.2. The van der Waals surface area contributed by atoms with E-state index in [2.05, 4.69) is 0 Å². The van der Waals surface area contributed by atoms with E-state index >= 15 is 0 Å². The molecule has 0 unspecified atom stereocenters. The van der Waals surface area contributed by atoms with Crippen LogP contribution in [0.2, 0.25) is 0 Å². The van der Waals surface area contributed by atoms with Gasteiger partial charge in [0, 0.05) is 6.04 Å². The van der Waals surface area contributed by atoms with Crippen LogP contribution in [0.25, 0.3) is 0 Å². The van der Waals surface area contributed by atoms with Gasteiger partial charge >= 0.3 is 0 Å². The summed E-state index contributed by atoms with van der Waals surface area (Å²) in [5.74, 6) is -0.467. The van der Waals surface area contributed by atoms with E-state index in [9.17, 15) is 12.8 Å². The van der Waals surface area contributed by atoms with Crippen LogP contribution in [-0.4, -0.2) is 25.3 Å². The lowest BCUT2D eigenvalue weighted by Gasteiger charge is -2.25. The van der Waals surface area contributed by atoms with Crippen molar-refractivity contribution in [3.05, 3.63) is 29.1 Å². The van der Waals surface area contributed by atoms with E-state index in [1.165, 1.54) is 12.1 Å². The Hall–Kier alpha value is -1.45. The number of hydrogen-bond acceptors (Lipinski definition) is 3. The molecule has 1 rings (SSSR count). The van der Waals surface area contributed by atoms with Crippen molar-refractivity contribution in [3.8, 4) is 6.07 Å². The normalized spacial score (nSPS) is 11.9. The molecule has 19 heavy (non-hydrogen) atoms. The number of nitrogens with zero attached hydrogens (tertiary/aromatic N) is 2. The van der Waals surface area contributed by atoms with E-state index < -0.39 is 15.8 Å². The predicted octanol–water partition coefficient (Wildman–Crippen LogP) is 2.37. The molecule has 0 atom stereocenters. The Kier molecular flexibility index (Phi) is 4.66. The molecular formula is C13H17FN2O2S. The van der Waals surface area contributed by atoms with E-state index in [1.807, 2.05) is 6.07 Å². The van der Waals surface area contributed by atoms with Crippen molar-refractivity contribution in [1.82, 2.24) is 4.31 Å². The molecule has 1 aromatic rings. The van der Waals surface area contributed by atoms with Gasteiger partial charge < -0.3 is 0 Å². The zero-order valence-corrected chi connectivity index (χ0v) is 12.3. The summed E-state index contributed by atoms with van der Waals surface area (Å²) < 4.78 is 39.5. The molecule has 0 bridgehead atoms. The van der Waals surface area contributed by atoms with E-state index in [-0.39, 0.29) is 17.5 Å². The molecule has 0 saturated heterocycles. The number of aryl methyl sites for hydroxylation is 2. The van der Waals surface area contributed by atoms with Gasteiger partial charge in [0.15, 0.2) is 0 Å². The quantitative estimate of drug-likeness (QED) is 0.797. The zero-order chi connectivity index (χ0) is 14.8. The first-order valence-electron chi connectivity index (χ1n) is 5.87. The fourth-order valence-corrected chi connectivity index (χ4v) is 3.99. The average Bonchev–Trinajstić information content (AvgIpc) is 2.22. The maximum atomic E-state index is 13.2. The minimum Gasteiger partial charge on any atom is -0.207 e. The summed E-state index contributed by atoms with van der Waals surface area (Å²) >= 11 is 0. The highest BCUT2D eigenvalue weighted by atomic mass is 32.2. The molecule has 0 aromatic heterocycles. The minimum absolute atomic E-state index is 0.0813. The van der Waals surface area contributed by atoms with Crippen LogP contribution in [-0.2, 0) is 10.0 Å². The van der Waals surface area contributed by atoms with Gasteiger partial charge in [-0.1, -0.05) is 0 Å². The number of rotatable bonds is 4. The Labute approximate surface area is 113 Å². The molecule has 1 aromatic carbocycles. The summed E-state index contributed by atoms with van der Waals surface area (Å²) in [5, 5.41) is 8.76. The minimum atomic E-state index is -3.80. The summed E-state index contributed by atoms with van der Waals surface area (Å²) in [6.45, 7) is 6.27. The van der Waals surface area contributed by atoms with Gasteiger partial charge in [0.25, 0.3) is 0 Å². The van der Waals surface area contributed by atoms with Crippen LogP contribution in [0.15, 0.2) is 17.0 Å². The SMILES string of the molecule is Cc1cc(F)cc(C)c1S(=O)(=O)N(CC#N)C(C)C. The van der Waals surface area contributed by atoms with Gasteiger partial charge in [-0.25, -0.2) is 12.8 Å². The highest BCUT2D eigenvalue weighted by Crippen LogP contribution is 2.26. The lowest BCUT2D eigenvalue weighted by molar-refractivity contribution is 0.385. The Bertz CT molecular complexity index is 595. The van der Waals surface area contributed by atoms with Gasteiger partial charge in [0.2, 0.25) is 10.0 Å². The molecule has 104 valence electrons. The van der Waals surface area contributed by atoms with Crippen LogP contribution < -0.4 is 0 Å². The van der Waals surface area contributed by atoms with Gasteiger partial charge in [-0.3, -0.25) is 0 Å². The van der Waals surface area contributed by atoms with E-state index in [0.29, 0.717) is 11.1 Å². The number of hydrogen-bond donors (Lipinski definition) is 0. The summed E-state index contributed by atoms with van der Waals surface area (Å²) in [7, 11) is -3.80. The largest absolute Gasteiger partial charge is 0.244 e. The van der Waals surface area contributed by atoms with Crippen LogP contribution in [0.1, 0.15) is 25.0 Å². The van der Waals surface area contributed by atoms with Crippen molar-refractivity contribution in [3.63, 3.8) is 0 Å². The molecule has 0 N–H and O–H groups in total. The lowest BCUT2D eigenvalue weighted by atomic mass is 10.1. The summed E-state index contributed by atoms with van der Waals surface area (Å²) in [6.07, 6.45) is 0. The van der Waals surface area contributed by atoms with Crippen molar-refractivity contribution in [2.45, 2.75) is 38.6 Å². The van der Waals surface area contributed by atoms with Crippen molar-refractivity contribution in [2.75, 3.05) is 6.54 Å². The van der Waals surface area contributed by atoms with Gasteiger partial charge in [-0.2, -0.15) is 9.57 Å². The second-order valence-electron chi connectivity index (χ2n) is 4.67. The van der Waals surface area contributed by atoms with Crippen molar-refractivity contribution in [1.29, 1.82) is 5.26 Å². The number of sulfonamides is 1. The molecule has 0 saturated carbocycles. The summed E-state index contributed by atoms with van der Waals surface area (Å²) in [4.78, 5) is 0.0813. The molecule has 0 aliphatic rings. The van der Waals surface area contributed by atoms with Gasteiger partial charge in [-0.05, 0) is 51.0 Å². The zero-order valence-electron chi connectivity index (χ0n) is 11.4. The first-order chi connectivity index (χ1) is 8.71. The van der Waals surface area contributed by atoms with Crippen molar-refractivity contribution < 1.29 is 12.8 Å². The number of nitriles is 1. The predicted molar refractivity (Wildman–Crippen MR) is 70.5 cm³/mol. The molecule has 0 amide bonds. The van der Waals surface area contributed by atoms with Crippen LogP contribution in [0.3, 0.4) is 0 Å². The fraction of sp³-hybridized carbons (Fsp3) is 0.462. The highest BCUT2D eigenvalue weighted by Gasteiger charge is 2.29. The third-order valence-electron chi connectivity index (χ3n) is 2.79. The second kappa shape index (κ2) is 5.68. The molecule has 0 radical (unpaired) electrons. The summed E-state index contributed by atoms with van der Waals surface area (Å²) in [6, 6.07) is 3.88. The molecular weight excluding hydrogens is 267 g/mol. The summed E-state index contributed by atoms with van der Waals surface area (Å²) in [5.41, 5.74) is 0.696. The Morgan fingerprint density at radius 1 is 1.32 bits per heavy atom. The van der Waals surface area contributed by atoms with Crippen molar-refractivity contribution >= 4 is 10.0 Å². The Balaban J connectivity index is 3.47. The average molecular weight is 284 g/mol.